The van der Waals surface area contributed by atoms with Gasteiger partial charge >= 0.3 is 7.12 Å². The lowest BCUT2D eigenvalue weighted by atomic mass is 9.79. The Labute approximate surface area is 577 Å². The molecule has 0 saturated carbocycles. The summed E-state index contributed by atoms with van der Waals surface area (Å²) >= 11 is 18.7. The van der Waals surface area contributed by atoms with Crippen LogP contribution in [0.3, 0.4) is 0 Å². The van der Waals surface area contributed by atoms with Gasteiger partial charge in [-0.15, -0.1) is 0 Å². The molecule has 0 amide bonds. The van der Waals surface area contributed by atoms with Crippen molar-refractivity contribution < 1.29 is 18.1 Å². The summed E-state index contributed by atoms with van der Waals surface area (Å²) in [6.07, 6.45) is 0. The Hall–Kier alpha value is -5.95. The lowest BCUT2D eigenvalue weighted by Crippen LogP contribution is -2.41. The monoisotopic (exact) mass is 1330 g/mol. The van der Waals surface area contributed by atoms with Crippen molar-refractivity contribution in [1.82, 2.24) is 29.9 Å². The van der Waals surface area contributed by atoms with Gasteiger partial charge in [-0.3, -0.25) is 0 Å². The van der Waals surface area contributed by atoms with E-state index in [1.165, 1.54) is 68.8 Å². The molecule has 1 fully saturated rings. The Morgan fingerprint density at radius 2 is 0.543 bits per heavy atom. The van der Waals surface area contributed by atoms with Crippen molar-refractivity contribution in [3.05, 3.63) is 181 Å². The summed E-state index contributed by atoms with van der Waals surface area (Å²) in [6, 6.07) is 35.4. The highest BCUT2D eigenvalue weighted by atomic mass is 35.5. The minimum absolute atomic E-state index is 0.00167. The molecule has 0 radical (unpaired) electrons. The molecule has 0 aliphatic carbocycles. The molecule has 9 rings (SSSR count). The summed E-state index contributed by atoms with van der Waals surface area (Å²) in [5.74, 6) is 1.68. The minimum atomic E-state index is -0.710. The zero-order valence-corrected chi connectivity index (χ0v) is 63.6. The maximum absolute atomic E-state index is 15.2. The summed E-state index contributed by atoms with van der Waals surface area (Å²) in [5, 5.41) is 1.10. The first-order chi connectivity index (χ1) is 42.6. The van der Waals surface area contributed by atoms with Crippen LogP contribution in [0.5, 0.6) is 0 Å². The molecule has 1 aliphatic rings. The second-order valence-electron chi connectivity index (χ2n) is 34.6. The Bertz CT molecular complexity index is 3760. The van der Waals surface area contributed by atoms with Gasteiger partial charge in [0.1, 0.15) is 11.6 Å². The van der Waals surface area contributed by atoms with Crippen LogP contribution in [0.1, 0.15) is 238 Å². The third kappa shape index (κ3) is 18.6. The third-order valence-corrected chi connectivity index (χ3v) is 18.2. The predicted octanol–water partition coefficient (Wildman–Crippen LogP) is 22.7. The quantitative estimate of drug-likeness (QED) is 0.152. The molecule has 0 spiro atoms. The largest absolute Gasteiger partial charge is 0.497 e. The maximum atomic E-state index is 15.2. The molecular weight excluding hydrogens is 1230 g/mol. The molecule has 8 nitrogen and oxygen atoms in total. The van der Waals surface area contributed by atoms with Crippen LogP contribution in [0.25, 0.3) is 56.9 Å². The van der Waals surface area contributed by atoms with E-state index in [1.807, 2.05) is 27.7 Å². The number of nitrogens with zero attached hydrogens (tertiary/aromatic N) is 6. The molecule has 14 heteroatoms. The summed E-state index contributed by atoms with van der Waals surface area (Å²) in [7, 11) is -0.710. The van der Waals surface area contributed by atoms with Gasteiger partial charge < -0.3 is 9.31 Å². The first-order valence-corrected chi connectivity index (χ1v) is 33.8. The average Bonchev–Trinajstić information content (AvgIpc) is 1.21. The van der Waals surface area contributed by atoms with Gasteiger partial charge in [0.25, 0.3) is 0 Å². The Balaban J connectivity index is 0.000000216. The van der Waals surface area contributed by atoms with Crippen molar-refractivity contribution in [2.24, 2.45) is 0 Å². The highest BCUT2D eigenvalue weighted by Gasteiger charge is 2.52. The molecule has 3 heterocycles. The molecule has 0 atom stereocenters. The first-order valence-electron chi connectivity index (χ1n) is 32.7. The van der Waals surface area contributed by atoms with Crippen molar-refractivity contribution >= 4 is 47.4 Å². The molecule has 2 aromatic heterocycles. The Morgan fingerprint density at radius 3 is 0.809 bits per heavy atom. The van der Waals surface area contributed by atoms with Crippen LogP contribution < -0.4 is 5.46 Å². The second kappa shape index (κ2) is 26.8. The smallest absolute Gasteiger partial charge is 0.399 e. The lowest BCUT2D eigenvalue weighted by Gasteiger charge is -2.32. The fourth-order valence-electron chi connectivity index (χ4n) is 10.2. The van der Waals surface area contributed by atoms with Crippen molar-refractivity contribution in [1.29, 1.82) is 0 Å². The zero-order chi connectivity index (χ0) is 70.8. The van der Waals surface area contributed by atoms with Crippen LogP contribution in [-0.4, -0.2) is 48.2 Å². The van der Waals surface area contributed by atoms with E-state index in [0.717, 1.165) is 22.3 Å². The average molecular weight is 1330 g/mol. The van der Waals surface area contributed by atoms with Crippen LogP contribution in [-0.2, 0) is 52.6 Å². The number of halogens is 5. The van der Waals surface area contributed by atoms with E-state index in [0.29, 0.717) is 38.8 Å². The molecule has 0 bridgehead atoms. The number of rotatable bonds is 6. The fraction of sp³-hybridized carbons (Fsp3) is 0.475. The van der Waals surface area contributed by atoms with E-state index in [2.05, 4.69) is 249 Å². The van der Waals surface area contributed by atoms with Gasteiger partial charge in [-0.05, 0) is 212 Å². The van der Waals surface area contributed by atoms with Crippen LogP contribution in [0.15, 0.2) is 109 Å². The van der Waals surface area contributed by atoms with E-state index in [9.17, 15) is 4.39 Å². The number of benzene rings is 6. The maximum Gasteiger partial charge on any atom is 0.497 e. The molecule has 502 valence electrons. The van der Waals surface area contributed by atoms with Gasteiger partial charge in [0, 0.05) is 37.8 Å². The second-order valence-corrected chi connectivity index (χ2v) is 35.8. The summed E-state index contributed by atoms with van der Waals surface area (Å²) in [4.78, 5) is 28.9. The van der Waals surface area contributed by atoms with Crippen molar-refractivity contribution in [3.63, 3.8) is 0 Å². The fourth-order valence-corrected chi connectivity index (χ4v) is 10.7. The van der Waals surface area contributed by atoms with Crippen LogP contribution >= 0.6 is 34.8 Å². The predicted molar refractivity (Wildman–Crippen MR) is 394 cm³/mol. The van der Waals surface area contributed by atoms with Gasteiger partial charge in [-0.1, -0.05) is 214 Å². The van der Waals surface area contributed by atoms with E-state index >= 15 is 4.39 Å². The highest BCUT2D eigenvalue weighted by Crippen LogP contribution is 2.41. The summed E-state index contributed by atoms with van der Waals surface area (Å²) < 4.78 is 40.5. The summed E-state index contributed by atoms with van der Waals surface area (Å²) in [5.41, 5.74) is 12.7. The van der Waals surface area contributed by atoms with Crippen LogP contribution in [0, 0.1) is 11.6 Å². The van der Waals surface area contributed by atoms with Crippen molar-refractivity contribution in [2.75, 3.05) is 0 Å². The molecule has 8 aromatic rings. The molecule has 0 unspecified atom stereocenters. The lowest BCUT2D eigenvalue weighted by molar-refractivity contribution is 0.00578. The summed E-state index contributed by atoms with van der Waals surface area (Å²) in [6.45, 7) is 60.9. The number of hydrogen-bond donors (Lipinski definition) is 0. The van der Waals surface area contributed by atoms with E-state index in [1.54, 1.807) is 12.1 Å². The molecule has 6 aromatic carbocycles. The number of aromatic nitrogens is 6. The van der Waals surface area contributed by atoms with E-state index in [-0.39, 0.29) is 65.8 Å². The van der Waals surface area contributed by atoms with E-state index in [4.69, 9.17) is 64.0 Å². The normalized spacial score (nSPS) is 14.7. The third-order valence-electron chi connectivity index (χ3n) is 17.6. The first kappa shape index (κ1) is 75.4. The van der Waals surface area contributed by atoms with Crippen LogP contribution in [0.4, 0.5) is 8.78 Å². The molecule has 1 saturated heterocycles. The van der Waals surface area contributed by atoms with Gasteiger partial charge in [-0.25, -0.2) is 28.7 Å². The molecule has 0 N–H and O–H groups in total. The molecule has 1 aliphatic heterocycles. The van der Waals surface area contributed by atoms with Crippen molar-refractivity contribution in [3.8, 4) is 56.9 Å². The number of hydrogen-bond acceptors (Lipinski definition) is 8. The van der Waals surface area contributed by atoms with Gasteiger partial charge in [0.15, 0.2) is 29.1 Å². The Kier molecular flexibility index (Phi) is 21.5. The van der Waals surface area contributed by atoms with Gasteiger partial charge in [-0.2, -0.15) is 9.97 Å². The van der Waals surface area contributed by atoms with Crippen molar-refractivity contribution in [2.45, 2.75) is 248 Å². The topological polar surface area (TPSA) is 95.8 Å². The van der Waals surface area contributed by atoms with E-state index < -0.39 is 24.1 Å². The van der Waals surface area contributed by atoms with Gasteiger partial charge in [0.2, 0.25) is 5.28 Å². The molecule has 94 heavy (non-hydrogen) atoms. The van der Waals surface area contributed by atoms with Gasteiger partial charge in [0.05, 0.1) is 16.8 Å². The SMILES string of the molecule is CC(C)(C)c1cc(-c2nc(-c3cc(C(C)(C)C)cc(C(C)(C)C)c3)nc(-c3cc(Cl)ccc3F)n2)cc(C(C)(C)C)c1.CC(C)(C)c1cc(-c2nc(Cl)nc(-c3cc(C(C)(C)C)cc(C(C)(C)C)c3)n2)cc(C(C)(C)C)c1.CC1(C)OB(c2cc(Cl)ccc2F)OC1(C)C. The highest BCUT2D eigenvalue weighted by molar-refractivity contribution is 6.62. The van der Waals surface area contributed by atoms with Crippen LogP contribution in [0.2, 0.25) is 15.3 Å². The Morgan fingerprint density at radius 1 is 0.309 bits per heavy atom. The molecular formula is C80H102BCl3F2N6O2. The standard InChI is InChI=1S/C37H45ClFN3.C31H42ClN3.C12H15BClFO2/c1-34(2,3)24-15-22(16-25(19-24)35(4,5)6)31-40-32(42-33(41-31)29-21-28(38)13-14-30(29)39)23-17-26(36(7,8)9)20-27(18-23)37(10,11)12;1-28(2,3)21-13-19(14-22(17-21)29(4,5)6)25-33-26(35-27(32)34-25)20-15-23(30(7,8)9)18-24(16-20)31(10,11)12;1-11(2)12(3,4)17-13(16-11)9-7-8(14)5-6-10(9)15/h13-21H,1-12H3;13-18H,1-12H3;5-7H,1-4H3. The minimum Gasteiger partial charge on any atom is -0.399 e. The zero-order valence-electron chi connectivity index (χ0n) is 61.4.